The highest BCUT2D eigenvalue weighted by molar-refractivity contribution is 7.08. The van der Waals surface area contributed by atoms with Crippen molar-refractivity contribution < 1.29 is 4.74 Å². The number of fused-ring (bicyclic) bond motifs is 1. The molecule has 0 spiro atoms. The van der Waals surface area contributed by atoms with Gasteiger partial charge in [-0.15, -0.1) is 0 Å². The third kappa shape index (κ3) is 2.05. The fourth-order valence-corrected chi connectivity index (χ4v) is 3.34. The third-order valence-electron chi connectivity index (χ3n) is 3.29. The maximum atomic E-state index is 6.36. The Kier molecular flexibility index (Phi) is 3.36. The summed E-state index contributed by atoms with van der Waals surface area (Å²) in [5.74, 6) is 1.36. The molecule has 0 unspecified atom stereocenters. The molecule has 0 bridgehead atoms. The molecule has 102 valence electrons. The molecule has 0 saturated carbocycles. The van der Waals surface area contributed by atoms with Gasteiger partial charge in [-0.3, -0.25) is 0 Å². The number of aryl methyl sites for hydroxylation is 2. The number of benzene rings is 1. The molecule has 1 aromatic carbocycles. The Morgan fingerprint density at radius 3 is 2.55 bits per heavy atom. The first kappa shape index (κ1) is 13.3. The summed E-state index contributed by atoms with van der Waals surface area (Å²) >= 11 is 7.99. The van der Waals surface area contributed by atoms with Crippen molar-refractivity contribution in [2.75, 3.05) is 7.11 Å². The predicted molar refractivity (Wildman–Crippen MR) is 83.9 cm³/mol. The molecule has 0 fully saturated rings. The van der Waals surface area contributed by atoms with Crippen molar-refractivity contribution >= 4 is 33.8 Å². The number of halogens is 1. The van der Waals surface area contributed by atoms with E-state index >= 15 is 0 Å². The molecule has 2 aromatic heterocycles. The van der Waals surface area contributed by atoms with Gasteiger partial charge in [-0.1, -0.05) is 17.7 Å². The highest BCUT2D eigenvalue weighted by atomic mass is 35.5. The molecule has 3 rings (SSSR count). The van der Waals surface area contributed by atoms with Gasteiger partial charge in [0.25, 0.3) is 0 Å². The van der Waals surface area contributed by atoms with Gasteiger partial charge in [0.15, 0.2) is 5.82 Å². The molecule has 5 heteroatoms. The van der Waals surface area contributed by atoms with Gasteiger partial charge in [0, 0.05) is 16.3 Å². The zero-order valence-corrected chi connectivity index (χ0v) is 13.0. The second-order valence-corrected chi connectivity index (χ2v) is 5.72. The molecule has 0 N–H and O–H groups in total. The monoisotopic (exact) mass is 304 g/mol. The largest absolute Gasteiger partial charge is 0.494 e. The van der Waals surface area contributed by atoms with Gasteiger partial charge in [-0.25, -0.2) is 9.97 Å². The van der Waals surface area contributed by atoms with Crippen molar-refractivity contribution in [3.63, 3.8) is 0 Å². The second-order valence-electron chi connectivity index (χ2n) is 4.61. The van der Waals surface area contributed by atoms with Gasteiger partial charge in [0.05, 0.1) is 7.11 Å². The van der Waals surface area contributed by atoms with Crippen LogP contribution in [0.25, 0.3) is 22.3 Å². The highest BCUT2D eigenvalue weighted by Gasteiger charge is 2.15. The highest BCUT2D eigenvalue weighted by Crippen LogP contribution is 2.34. The SMILES string of the molecule is COc1ccc(C)c2c(Cl)nc(-c3cscc3C)nc12. The minimum Gasteiger partial charge on any atom is -0.494 e. The van der Waals surface area contributed by atoms with E-state index in [0.717, 1.165) is 27.6 Å². The van der Waals surface area contributed by atoms with Gasteiger partial charge >= 0.3 is 0 Å². The summed E-state index contributed by atoms with van der Waals surface area (Å²) in [6.07, 6.45) is 0. The summed E-state index contributed by atoms with van der Waals surface area (Å²) in [5.41, 5.74) is 3.96. The van der Waals surface area contributed by atoms with Gasteiger partial charge in [-0.2, -0.15) is 11.3 Å². The van der Waals surface area contributed by atoms with E-state index in [4.69, 9.17) is 16.3 Å². The Morgan fingerprint density at radius 2 is 1.90 bits per heavy atom. The standard InChI is InChI=1S/C15H13ClN2OS/c1-8-4-5-11(19-3)13-12(8)14(16)18-15(17-13)10-7-20-6-9(10)2/h4-7H,1-3H3. The fourth-order valence-electron chi connectivity index (χ4n) is 2.20. The maximum absolute atomic E-state index is 6.36. The average molecular weight is 305 g/mol. The van der Waals surface area contributed by atoms with Crippen LogP contribution in [-0.2, 0) is 0 Å². The van der Waals surface area contributed by atoms with Crippen molar-refractivity contribution in [1.29, 1.82) is 0 Å². The predicted octanol–water partition coefficient (Wildman–Crippen LogP) is 4.64. The van der Waals surface area contributed by atoms with Crippen LogP contribution in [0.3, 0.4) is 0 Å². The fraction of sp³-hybridized carbons (Fsp3) is 0.200. The molecule has 3 aromatic rings. The first-order valence-corrected chi connectivity index (χ1v) is 7.48. The molecule has 0 aliphatic heterocycles. The van der Waals surface area contributed by atoms with E-state index in [0.29, 0.717) is 16.7 Å². The van der Waals surface area contributed by atoms with Crippen molar-refractivity contribution in [2.45, 2.75) is 13.8 Å². The smallest absolute Gasteiger partial charge is 0.162 e. The number of hydrogen-bond acceptors (Lipinski definition) is 4. The van der Waals surface area contributed by atoms with Crippen LogP contribution in [0.1, 0.15) is 11.1 Å². The zero-order valence-electron chi connectivity index (χ0n) is 11.4. The molecule has 20 heavy (non-hydrogen) atoms. The van der Waals surface area contributed by atoms with E-state index in [1.165, 1.54) is 0 Å². The number of ether oxygens (including phenoxy) is 1. The molecule has 0 aliphatic carbocycles. The number of methoxy groups -OCH3 is 1. The Morgan fingerprint density at radius 1 is 1.10 bits per heavy atom. The van der Waals surface area contributed by atoms with E-state index in [1.54, 1.807) is 18.4 Å². The van der Waals surface area contributed by atoms with Crippen LogP contribution in [-0.4, -0.2) is 17.1 Å². The lowest BCUT2D eigenvalue weighted by molar-refractivity contribution is 0.419. The first-order valence-electron chi connectivity index (χ1n) is 6.16. The molecule has 3 nitrogen and oxygen atoms in total. The number of hydrogen-bond donors (Lipinski definition) is 0. The van der Waals surface area contributed by atoms with Crippen LogP contribution in [0.15, 0.2) is 22.9 Å². The summed E-state index contributed by atoms with van der Waals surface area (Å²) in [5, 5.41) is 5.42. The van der Waals surface area contributed by atoms with Crippen LogP contribution in [0.5, 0.6) is 5.75 Å². The number of aromatic nitrogens is 2. The summed E-state index contributed by atoms with van der Waals surface area (Å²) in [6, 6.07) is 3.87. The number of thiophene rings is 1. The van der Waals surface area contributed by atoms with E-state index in [-0.39, 0.29) is 0 Å². The third-order valence-corrected chi connectivity index (χ3v) is 4.43. The minimum atomic E-state index is 0.465. The Balaban J connectivity index is 2.36. The van der Waals surface area contributed by atoms with E-state index in [9.17, 15) is 0 Å². The quantitative estimate of drug-likeness (QED) is 0.647. The lowest BCUT2D eigenvalue weighted by Gasteiger charge is -2.10. The van der Waals surface area contributed by atoms with E-state index < -0.39 is 0 Å². The molecular formula is C15H13ClN2OS. The van der Waals surface area contributed by atoms with Gasteiger partial charge in [0.1, 0.15) is 16.4 Å². The Bertz CT molecular complexity index is 798. The lowest BCUT2D eigenvalue weighted by Crippen LogP contribution is -1.96. The van der Waals surface area contributed by atoms with Gasteiger partial charge in [0.2, 0.25) is 0 Å². The Hall–Kier alpha value is -1.65. The number of rotatable bonds is 2. The lowest BCUT2D eigenvalue weighted by atomic mass is 10.1. The second kappa shape index (κ2) is 5.04. The first-order chi connectivity index (χ1) is 9.61. The van der Waals surface area contributed by atoms with Crippen LogP contribution in [0, 0.1) is 13.8 Å². The number of nitrogens with zero attached hydrogens (tertiary/aromatic N) is 2. The molecule has 0 saturated heterocycles. The summed E-state index contributed by atoms with van der Waals surface area (Å²) in [7, 11) is 1.63. The van der Waals surface area contributed by atoms with Crippen LogP contribution in [0.4, 0.5) is 0 Å². The van der Waals surface area contributed by atoms with Gasteiger partial charge < -0.3 is 4.74 Å². The van der Waals surface area contributed by atoms with Crippen molar-refractivity contribution in [3.05, 3.63) is 39.2 Å². The summed E-state index contributed by atoms with van der Waals surface area (Å²) in [6.45, 7) is 4.04. The molecule has 0 aliphatic rings. The van der Waals surface area contributed by atoms with Crippen molar-refractivity contribution in [3.8, 4) is 17.1 Å². The summed E-state index contributed by atoms with van der Waals surface area (Å²) < 4.78 is 5.39. The molecule has 0 amide bonds. The molecule has 0 radical (unpaired) electrons. The van der Waals surface area contributed by atoms with Crippen LogP contribution in [0.2, 0.25) is 5.15 Å². The van der Waals surface area contributed by atoms with Crippen LogP contribution < -0.4 is 4.74 Å². The molecule has 0 atom stereocenters. The zero-order chi connectivity index (χ0) is 14.3. The topological polar surface area (TPSA) is 35.0 Å². The van der Waals surface area contributed by atoms with Gasteiger partial charge in [-0.05, 0) is 36.4 Å². The van der Waals surface area contributed by atoms with Crippen molar-refractivity contribution in [1.82, 2.24) is 9.97 Å². The van der Waals surface area contributed by atoms with E-state index in [2.05, 4.69) is 15.3 Å². The van der Waals surface area contributed by atoms with Crippen molar-refractivity contribution in [2.24, 2.45) is 0 Å². The van der Waals surface area contributed by atoms with Crippen LogP contribution >= 0.6 is 22.9 Å². The molecular weight excluding hydrogens is 292 g/mol. The normalized spacial score (nSPS) is 11.0. The minimum absolute atomic E-state index is 0.465. The maximum Gasteiger partial charge on any atom is 0.162 e. The molecule has 2 heterocycles. The average Bonchev–Trinajstić information content (AvgIpc) is 2.85. The van der Waals surface area contributed by atoms with E-state index in [1.807, 2.05) is 31.4 Å². The Labute approximate surface area is 126 Å². The summed E-state index contributed by atoms with van der Waals surface area (Å²) in [4.78, 5) is 9.10.